The quantitative estimate of drug-likeness (QED) is 0.187. The number of hydrogen-bond acceptors (Lipinski definition) is 3. The minimum Gasteiger partial charge on any atom is -0.460 e. The van der Waals surface area contributed by atoms with Crippen LogP contribution in [0.4, 0.5) is 0 Å². The number of carbonyl (C=O) groups excluding carboxylic acids is 2. The summed E-state index contributed by atoms with van der Waals surface area (Å²) in [5, 5.41) is 0. The molecular weight excluding hydrogens is 288 g/mol. The van der Waals surface area contributed by atoms with E-state index in [0.717, 1.165) is 12.8 Å². The highest BCUT2D eigenvalue weighted by atomic mass is 16.5. The van der Waals surface area contributed by atoms with Crippen LogP contribution in [0.1, 0.15) is 110 Å². The van der Waals surface area contributed by atoms with E-state index in [9.17, 15) is 9.59 Å². The predicted octanol–water partition coefficient (Wildman–Crippen LogP) is 5.99. The molecule has 136 valence electrons. The van der Waals surface area contributed by atoms with Gasteiger partial charge in [0.1, 0.15) is 0 Å². The van der Waals surface area contributed by atoms with E-state index in [1.165, 1.54) is 77.0 Å². The van der Waals surface area contributed by atoms with Gasteiger partial charge in [0, 0.05) is 6.42 Å². The Morgan fingerprint density at radius 2 is 1.00 bits per heavy atom. The van der Waals surface area contributed by atoms with Gasteiger partial charge in [-0.25, -0.2) is 4.79 Å². The van der Waals surface area contributed by atoms with Gasteiger partial charge in [-0.1, -0.05) is 90.4 Å². The fraction of sp³-hybridized carbons (Fsp3) is 0.900. The van der Waals surface area contributed by atoms with Crippen LogP contribution < -0.4 is 0 Å². The highest BCUT2D eigenvalue weighted by Gasteiger charge is 2.13. The lowest BCUT2D eigenvalue weighted by atomic mass is 10.0. The van der Waals surface area contributed by atoms with Crippen molar-refractivity contribution in [1.82, 2.24) is 0 Å². The summed E-state index contributed by atoms with van der Waals surface area (Å²) in [6, 6.07) is 0. The highest BCUT2D eigenvalue weighted by Crippen LogP contribution is 2.13. The molecule has 0 aromatic rings. The van der Waals surface area contributed by atoms with Crippen molar-refractivity contribution in [1.29, 1.82) is 0 Å². The second kappa shape index (κ2) is 17.5. The fourth-order valence-corrected chi connectivity index (χ4v) is 2.79. The molecule has 0 aromatic heterocycles. The van der Waals surface area contributed by atoms with Crippen LogP contribution >= 0.6 is 0 Å². The van der Waals surface area contributed by atoms with Crippen LogP contribution in [-0.2, 0) is 14.3 Å². The smallest absolute Gasteiger partial charge is 0.374 e. The maximum atomic E-state index is 11.4. The van der Waals surface area contributed by atoms with Gasteiger partial charge in [-0.3, -0.25) is 4.79 Å². The number of carbonyl (C=O) groups is 2. The van der Waals surface area contributed by atoms with E-state index in [1.807, 2.05) is 0 Å². The molecule has 0 saturated carbocycles. The van der Waals surface area contributed by atoms with E-state index in [4.69, 9.17) is 0 Å². The zero-order valence-electron chi connectivity index (χ0n) is 15.5. The number of ether oxygens (including phenoxy) is 1. The maximum Gasteiger partial charge on any atom is 0.374 e. The number of hydrogen-bond donors (Lipinski definition) is 0. The minimum atomic E-state index is -0.665. The van der Waals surface area contributed by atoms with Crippen LogP contribution in [0.15, 0.2) is 0 Å². The first-order chi connectivity index (χ1) is 11.2. The standard InChI is InChI=1S/C20H38O3/c1-3-5-6-7-8-9-10-11-12-13-14-15-16-17-18-19(21)20(22)23-4-2/h3-18H2,1-2H3. The summed E-state index contributed by atoms with van der Waals surface area (Å²) >= 11 is 0. The number of esters is 1. The predicted molar refractivity (Wildman–Crippen MR) is 96.6 cm³/mol. The molecule has 0 bridgehead atoms. The van der Waals surface area contributed by atoms with Crippen molar-refractivity contribution < 1.29 is 14.3 Å². The van der Waals surface area contributed by atoms with Gasteiger partial charge in [0.15, 0.2) is 0 Å². The van der Waals surface area contributed by atoms with Gasteiger partial charge < -0.3 is 4.74 Å². The van der Waals surface area contributed by atoms with Gasteiger partial charge >= 0.3 is 5.97 Å². The zero-order valence-corrected chi connectivity index (χ0v) is 15.5. The second-order valence-corrected chi connectivity index (χ2v) is 6.49. The third kappa shape index (κ3) is 15.8. The molecule has 3 heteroatoms. The molecule has 0 radical (unpaired) electrons. The third-order valence-corrected chi connectivity index (χ3v) is 4.26. The van der Waals surface area contributed by atoms with Gasteiger partial charge in [0.25, 0.3) is 0 Å². The number of Topliss-reactive ketones (excluding diaryl/α,β-unsaturated/α-hetero) is 1. The SMILES string of the molecule is CCCCCCCCCCCCCCCCC(=O)C(=O)OCC. The summed E-state index contributed by atoms with van der Waals surface area (Å²) in [6.07, 6.45) is 18.4. The normalized spacial score (nSPS) is 10.7. The Labute approximate surface area is 143 Å². The highest BCUT2D eigenvalue weighted by molar-refractivity contribution is 6.33. The molecule has 0 N–H and O–H groups in total. The largest absolute Gasteiger partial charge is 0.460 e. The number of unbranched alkanes of at least 4 members (excludes halogenated alkanes) is 13. The Morgan fingerprint density at radius 1 is 0.609 bits per heavy atom. The number of ketones is 1. The van der Waals surface area contributed by atoms with E-state index < -0.39 is 5.97 Å². The maximum absolute atomic E-state index is 11.4. The van der Waals surface area contributed by atoms with Crippen molar-refractivity contribution in [3.05, 3.63) is 0 Å². The molecule has 0 unspecified atom stereocenters. The van der Waals surface area contributed by atoms with Crippen molar-refractivity contribution in [2.45, 2.75) is 110 Å². The van der Waals surface area contributed by atoms with Crippen LogP contribution in [0.25, 0.3) is 0 Å². The Kier molecular flexibility index (Phi) is 16.8. The lowest BCUT2D eigenvalue weighted by molar-refractivity contribution is -0.153. The van der Waals surface area contributed by atoms with Gasteiger partial charge in [-0.2, -0.15) is 0 Å². The summed E-state index contributed by atoms with van der Waals surface area (Å²) in [5.41, 5.74) is 0. The molecule has 0 fully saturated rings. The van der Waals surface area contributed by atoms with E-state index >= 15 is 0 Å². The minimum absolute atomic E-state index is 0.281. The summed E-state index contributed by atoms with van der Waals surface area (Å²) in [4.78, 5) is 22.5. The van der Waals surface area contributed by atoms with Crippen LogP contribution in [0.5, 0.6) is 0 Å². The van der Waals surface area contributed by atoms with Crippen molar-refractivity contribution in [2.24, 2.45) is 0 Å². The zero-order chi connectivity index (χ0) is 17.2. The average molecular weight is 327 g/mol. The fourth-order valence-electron chi connectivity index (χ4n) is 2.79. The molecule has 0 aliphatic carbocycles. The molecule has 0 aliphatic rings. The molecule has 0 aromatic carbocycles. The van der Waals surface area contributed by atoms with Crippen LogP contribution in [0, 0.1) is 0 Å². The summed E-state index contributed by atoms with van der Waals surface area (Å²) < 4.78 is 4.68. The lowest BCUT2D eigenvalue weighted by Crippen LogP contribution is -2.16. The average Bonchev–Trinajstić information content (AvgIpc) is 2.55. The van der Waals surface area contributed by atoms with Crippen LogP contribution in [0.3, 0.4) is 0 Å². The van der Waals surface area contributed by atoms with E-state index in [0.29, 0.717) is 6.42 Å². The first-order valence-electron chi connectivity index (χ1n) is 9.92. The van der Waals surface area contributed by atoms with Crippen LogP contribution in [-0.4, -0.2) is 18.4 Å². The Bertz CT molecular complexity index is 287. The van der Waals surface area contributed by atoms with E-state index in [-0.39, 0.29) is 12.4 Å². The Morgan fingerprint density at radius 3 is 1.39 bits per heavy atom. The summed E-state index contributed by atoms with van der Waals surface area (Å²) in [6.45, 7) is 4.26. The van der Waals surface area contributed by atoms with Gasteiger partial charge in [0.05, 0.1) is 6.61 Å². The van der Waals surface area contributed by atoms with E-state index in [2.05, 4.69) is 11.7 Å². The van der Waals surface area contributed by atoms with Crippen molar-refractivity contribution in [2.75, 3.05) is 6.61 Å². The van der Waals surface area contributed by atoms with Crippen molar-refractivity contribution >= 4 is 11.8 Å². The molecule has 0 aliphatic heterocycles. The first kappa shape index (κ1) is 22.1. The monoisotopic (exact) mass is 326 g/mol. The molecular formula is C20H38O3. The molecule has 0 spiro atoms. The topological polar surface area (TPSA) is 43.4 Å². The molecule has 0 rings (SSSR count). The molecule has 0 heterocycles. The van der Waals surface area contributed by atoms with Gasteiger partial charge in [-0.15, -0.1) is 0 Å². The Hall–Kier alpha value is -0.860. The second-order valence-electron chi connectivity index (χ2n) is 6.49. The molecule has 0 saturated heterocycles. The number of rotatable bonds is 17. The first-order valence-corrected chi connectivity index (χ1v) is 9.92. The van der Waals surface area contributed by atoms with Gasteiger partial charge in [0.2, 0.25) is 5.78 Å². The summed E-state index contributed by atoms with van der Waals surface area (Å²) in [5.74, 6) is -1.03. The van der Waals surface area contributed by atoms with Crippen LogP contribution in [0.2, 0.25) is 0 Å². The van der Waals surface area contributed by atoms with Crippen molar-refractivity contribution in [3.63, 3.8) is 0 Å². The third-order valence-electron chi connectivity index (χ3n) is 4.26. The lowest BCUT2D eigenvalue weighted by Gasteiger charge is -2.03. The molecule has 23 heavy (non-hydrogen) atoms. The van der Waals surface area contributed by atoms with Gasteiger partial charge in [-0.05, 0) is 13.3 Å². The van der Waals surface area contributed by atoms with Crippen molar-refractivity contribution in [3.8, 4) is 0 Å². The van der Waals surface area contributed by atoms with E-state index in [1.54, 1.807) is 6.92 Å². The summed E-state index contributed by atoms with van der Waals surface area (Å²) in [7, 11) is 0. The molecule has 3 nitrogen and oxygen atoms in total. The Balaban J connectivity index is 3.16. The molecule has 0 amide bonds. The molecule has 0 atom stereocenters.